The summed E-state index contributed by atoms with van der Waals surface area (Å²) in [5.41, 5.74) is 7.58. The molecular weight excluding hydrogens is 468 g/mol. The average Bonchev–Trinajstić information content (AvgIpc) is 3.02. The predicted molar refractivity (Wildman–Crippen MR) is 109 cm³/mol. The van der Waals surface area contributed by atoms with Gasteiger partial charge in [-0.3, -0.25) is 3.97 Å². The first-order chi connectivity index (χ1) is 12.7. The van der Waals surface area contributed by atoms with Crippen LogP contribution in [0.1, 0.15) is 25.7 Å². The number of anilines is 1. The van der Waals surface area contributed by atoms with E-state index in [1.54, 1.807) is 6.20 Å². The normalized spacial score (nSPS) is 20.4. The fourth-order valence-electron chi connectivity index (χ4n) is 3.32. The topological polar surface area (TPSA) is 94.5 Å². The van der Waals surface area contributed by atoms with Crippen LogP contribution in [0.25, 0.3) is 22.4 Å². The maximum absolute atomic E-state index is 14.3. The van der Waals surface area contributed by atoms with Crippen LogP contribution in [0.15, 0.2) is 24.9 Å². The molecule has 1 fully saturated rings. The highest BCUT2D eigenvalue weighted by Gasteiger charge is 2.22. The number of halogens is 2. The minimum Gasteiger partial charge on any atom is -0.365 e. The number of fused-ring (bicyclic) bond motifs is 1. The van der Waals surface area contributed by atoms with E-state index in [9.17, 15) is 4.39 Å². The van der Waals surface area contributed by atoms with E-state index in [1.807, 2.05) is 10.2 Å². The van der Waals surface area contributed by atoms with E-state index < -0.39 is 5.82 Å². The molecule has 0 saturated heterocycles. The Balaban J connectivity index is 1.70. The van der Waals surface area contributed by atoms with Crippen LogP contribution in [0.3, 0.4) is 0 Å². The molecule has 26 heavy (non-hydrogen) atoms. The molecule has 0 aromatic carbocycles. The zero-order valence-corrected chi connectivity index (χ0v) is 16.7. The van der Waals surface area contributed by atoms with E-state index in [-0.39, 0.29) is 17.9 Å². The van der Waals surface area contributed by atoms with Gasteiger partial charge in [0.15, 0.2) is 23.1 Å². The molecule has 1 aliphatic rings. The molecule has 1 saturated carbocycles. The standard InChI is InChI=1S/C16H17FIN7S/c17-13-6-21-14(24-15(13)23-10-3-1-2-9(19)4-10)12-7-25(26-18)16-11(12)5-20-8-22-16/h5-10H,1-4,19H2,(H,21,23,24)/t9-,10+/m0/s1. The lowest BCUT2D eigenvalue weighted by molar-refractivity contribution is 0.407. The smallest absolute Gasteiger partial charge is 0.183 e. The maximum Gasteiger partial charge on any atom is 0.183 e. The van der Waals surface area contributed by atoms with Crippen molar-refractivity contribution < 1.29 is 4.39 Å². The van der Waals surface area contributed by atoms with E-state index >= 15 is 0 Å². The summed E-state index contributed by atoms with van der Waals surface area (Å²) in [7, 11) is 1.49. The van der Waals surface area contributed by atoms with E-state index in [0.717, 1.165) is 42.3 Å². The Bertz CT molecular complexity index is 934. The van der Waals surface area contributed by atoms with Gasteiger partial charge < -0.3 is 11.1 Å². The predicted octanol–water partition coefficient (Wildman–Crippen LogP) is 3.56. The molecule has 0 bridgehead atoms. The van der Waals surface area contributed by atoms with Crippen LogP contribution in [0.5, 0.6) is 0 Å². The van der Waals surface area contributed by atoms with Gasteiger partial charge in [0.2, 0.25) is 0 Å². The van der Waals surface area contributed by atoms with Crippen molar-refractivity contribution in [3.8, 4) is 11.4 Å². The van der Waals surface area contributed by atoms with E-state index in [0.29, 0.717) is 5.82 Å². The highest BCUT2D eigenvalue weighted by Crippen LogP contribution is 2.32. The summed E-state index contributed by atoms with van der Waals surface area (Å²) in [4.78, 5) is 17.0. The van der Waals surface area contributed by atoms with Gasteiger partial charge in [0.1, 0.15) is 6.33 Å². The monoisotopic (exact) mass is 485 g/mol. The zero-order valence-electron chi connectivity index (χ0n) is 13.8. The molecule has 136 valence electrons. The van der Waals surface area contributed by atoms with Crippen molar-refractivity contribution in [2.75, 3.05) is 5.32 Å². The summed E-state index contributed by atoms with van der Waals surface area (Å²) < 4.78 is 16.2. The number of nitrogens with zero attached hydrogens (tertiary/aromatic N) is 5. The minimum atomic E-state index is -0.462. The Morgan fingerprint density at radius 2 is 2.19 bits per heavy atom. The first-order valence-corrected chi connectivity index (χ1v) is 11.6. The number of hydrogen-bond donors (Lipinski definition) is 2. The summed E-state index contributed by atoms with van der Waals surface area (Å²) in [6.45, 7) is 0. The van der Waals surface area contributed by atoms with Gasteiger partial charge in [0.25, 0.3) is 0 Å². The lowest BCUT2D eigenvalue weighted by Crippen LogP contribution is -2.35. The molecule has 0 unspecified atom stereocenters. The SMILES string of the molecule is N[C@H]1CCC[C@@H](Nc2nc(-c3cn(SI)c4ncncc34)ncc2F)C1. The Morgan fingerprint density at radius 1 is 1.31 bits per heavy atom. The second-order valence-electron chi connectivity index (χ2n) is 6.36. The molecule has 2 atom stereocenters. The maximum atomic E-state index is 14.3. The van der Waals surface area contributed by atoms with Crippen LogP contribution in [-0.4, -0.2) is 36.0 Å². The molecule has 0 aliphatic heterocycles. The summed E-state index contributed by atoms with van der Waals surface area (Å²) in [6, 6.07) is 0.284. The summed E-state index contributed by atoms with van der Waals surface area (Å²) >= 11 is 2.18. The average molecular weight is 485 g/mol. The zero-order chi connectivity index (χ0) is 18.1. The fraction of sp³-hybridized carbons (Fsp3) is 0.375. The van der Waals surface area contributed by atoms with Crippen molar-refractivity contribution in [1.29, 1.82) is 0 Å². The van der Waals surface area contributed by atoms with E-state index in [2.05, 4.69) is 46.5 Å². The van der Waals surface area contributed by atoms with Crippen molar-refractivity contribution in [2.45, 2.75) is 37.8 Å². The molecule has 10 heteroatoms. The van der Waals surface area contributed by atoms with Gasteiger partial charge in [-0.1, -0.05) is 0 Å². The van der Waals surface area contributed by atoms with Crippen molar-refractivity contribution in [1.82, 2.24) is 23.9 Å². The quantitative estimate of drug-likeness (QED) is 0.546. The molecule has 3 aromatic rings. The second kappa shape index (κ2) is 7.61. The van der Waals surface area contributed by atoms with E-state index in [1.165, 1.54) is 21.6 Å². The molecule has 4 rings (SSSR count). The van der Waals surface area contributed by atoms with Crippen LogP contribution in [0.4, 0.5) is 10.2 Å². The molecular formula is C16H17FIN7S. The third-order valence-electron chi connectivity index (χ3n) is 4.55. The van der Waals surface area contributed by atoms with Crippen LogP contribution in [0, 0.1) is 5.82 Å². The minimum absolute atomic E-state index is 0.130. The first-order valence-electron chi connectivity index (χ1n) is 8.31. The summed E-state index contributed by atoms with van der Waals surface area (Å²) in [5.74, 6) is 0.197. The second-order valence-corrected chi connectivity index (χ2v) is 8.07. The van der Waals surface area contributed by atoms with Crippen LogP contribution < -0.4 is 11.1 Å². The molecule has 0 spiro atoms. The number of aromatic nitrogens is 5. The third-order valence-corrected chi connectivity index (χ3v) is 6.25. The van der Waals surface area contributed by atoms with Gasteiger partial charge in [-0.05, 0) is 25.7 Å². The lowest BCUT2D eigenvalue weighted by atomic mass is 9.92. The van der Waals surface area contributed by atoms with Gasteiger partial charge in [-0.2, -0.15) is 0 Å². The van der Waals surface area contributed by atoms with Gasteiger partial charge in [-0.25, -0.2) is 24.3 Å². The highest BCUT2D eigenvalue weighted by molar-refractivity contribution is 14.2. The van der Waals surface area contributed by atoms with Crippen molar-refractivity contribution in [3.05, 3.63) is 30.7 Å². The van der Waals surface area contributed by atoms with Crippen LogP contribution in [-0.2, 0) is 0 Å². The Morgan fingerprint density at radius 3 is 3.00 bits per heavy atom. The number of rotatable bonds is 4. The Labute approximate surface area is 166 Å². The van der Waals surface area contributed by atoms with Gasteiger partial charge in [0.05, 0.1) is 6.20 Å². The van der Waals surface area contributed by atoms with Gasteiger partial charge in [-0.15, -0.1) is 0 Å². The number of nitrogens with two attached hydrogens (primary N) is 1. The van der Waals surface area contributed by atoms with Crippen molar-refractivity contribution >= 4 is 47.2 Å². The van der Waals surface area contributed by atoms with Crippen molar-refractivity contribution in [2.24, 2.45) is 5.73 Å². The molecule has 1 aliphatic carbocycles. The fourth-order valence-corrected chi connectivity index (χ4v) is 4.57. The first kappa shape index (κ1) is 17.9. The van der Waals surface area contributed by atoms with Gasteiger partial charge >= 0.3 is 0 Å². The molecule has 7 nitrogen and oxygen atoms in total. The highest BCUT2D eigenvalue weighted by atomic mass is 127. The van der Waals surface area contributed by atoms with Crippen LogP contribution >= 0.6 is 30.3 Å². The molecule has 3 heterocycles. The third kappa shape index (κ3) is 3.49. The number of hydrogen-bond acceptors (Lipinski definition) is 7. The lowest BCUT2D eigenvalue weighted by Gasteiger charge is -2.27. The summed E-state index contributed by atoms with van der Waals surface area (Å²) in [5, 5.41) is 4.04. The Hall–Kier alpha value is -1.53. The number of nitrogens with one attached hydrogen (secondary N) is 1. The summed E-state index contributed by atoms with van der Waals surface area (Å²) in [6.07, 6.45) is 10.2. The van der Waals surface area contributed by atoms with E-state index in [4.69, 9.17) is 5.73 Å². The molecule has 3 aromatic heterocycles. The molecule has 0 amide bonds. The largest absolute Gasteiger partial charge is 0.365 e. The van der Waals surface area contributed by atoms with Crippen LogP contribution in [0.2, 0.25) is 0 Å². The molecule has 0 radical (unpaired) electrons. The van der Waals surface area contributed by atoms with Gasteiger partial charge in [0, 0.05) is 65.8 Å². The Kier molecular flexibility index (Phi) is 5.23. The molecule has 3 N–H and O–H groups in total. The van der Waals surface area contributed by atoms with Crippen molar-refractivity contribution in [3.63, 3.8) is 0 Å².